The number of phenolic OH excluding ortho intramolecular Hbond substituents is 3. The molecule has 0 aliphatic carbocycles. The number of hydrogen-bond acceptors (Lipinski definition) is 6. The first-order valence-corrected chi connectivity index (χ1v) is 16.5. The second kappa shape index (κ2) is 13.1. The largest absolute Gasteiger partial charge is 0.508 e. The highest BCUT2D eigenvalue weighted by molar-refractivity contribution is 5.91. The van der Waals surface area contributed by atoms with Gasteiger partial charge in [-0.3, -0.25) is 9.98 Å². The second-order valence-corrected chi connectivity index (χ2v) is 16.7. The Bertz CT molecular complexity index is 1860. The van der Waals surface area contributed by atoms with Crippen molar-refractivity contribution >= 4 is 23.8 Å². The van der Waals surface area contributed by atoms with Crippen LogP contribution in [0.25, 0.3) is 0 Å². The summed E-state index contributed by atoms with van der Waals surface area (Å²) in [5.41, 5.74) is 5.34. The molecule has 4 rings (SSSR count). The van der Waals surface area contributed by atoms with Crippen LogP contribution < -0.4 is 4.74 Å². The molecule has 0 amide bonds. The van der Waals surface area contributed by atoms with Crippen molar-refractivity contribution in [3.05, 3.63) is 100 Å². The Morgan fingerprint density at radius 2 is 0.958 bits per heavy atom. The number of benzene rings is 4. The van der Waals surface area contributed by atoms with Crippen molar-refractivity contribution in [2.45, 2.75) is 105 Å². The minimum atomic E-state index is -0.284. The number of ether oxygens (including phenoxy) is 1. The predicted molar refractivity (Wildman–Crippen MR) is 200 cm³/mol. The summed E-state index contributed by atoms with van der Waals surface area (Å²) >= 11 is 0. The Labute approximate surface area is 286 Å². The van der Waals surface area contributed by atoms with Gasteiger partial charge in [-0.25, -0.2) is 0 Å². The van der Waals surface area contributed by atoms with E-state index in [-0.39, 0.29) is 38.9 Å². The Balaban J connectivity index is 1.88. The fourth-order valence-corrected chi connectivity index (χ4v) is 5.26. The van der Waals surface area contributed by atoms with Crippen molar-refractivity contribution in [2.75, 3.05) is 0 Å². The highest BCUT2D eigenvalue weighted by Gasteiger charge is 2.26. The molecule has 3 N–H and O–H groups in total. The van der Waals surface area contributed by atoms with E-state index in [4.69, 9.17) is 14.7 Å². The average molecular weight is 649 g/mol. The quantitative estimate of drug-likeness (QED) is 0.181. The minimum absolute atomic E-state index is 0.0998. The fourth-order valence-electron chi connectivity index (χ4n) is 5.26. The molecule has 0 aromatic heterocycles. The molecule has 0 spiro atoms. The van der Waals surface area contributed by atoms with Crippen molar-refractivity contribution in [1.82, 2.24) is 0 Å². The zero-order valence-electron chi connectivity index (χ0n) is 30.6. The lowest BCUT2D eigenvalue weighted by Gasteiger charge is -2.27. The van der Waals surface area contributed by atoms with Gasteiger partial charge in [0.2, 0.25) is 0 Å². The van der Waals surface area contributed by atoms with Crippen molar-refractivity contribution in [1.29, 1.82) is 0 Å². The summed E-state index contributed by atoms with van der Waals surface area (Å²) in [7, 11) is 0. The lowest BCUT2D eigenvalue weighted by atomic mass is 9.79. The van der Waals surface area contributed by atoms with Crippen molar-refractivity contribution < 1.29 is 20.1 Å². The maximum atomic E-state index is 11.4. The standard InChI is InChI=1S/C42H52N2O4/c1-39(2,3)28-18-26(37(46)33(20-28)41(7,8)9)24-43-35-17-16-32(48-31-15-13-14-30(45)22-31)23-36(35)44-25-27-19-29(40(4,5)6)21-34(38(27)47)42(10,11)12/h13-25,45-47H,1-12H3. The van der Waals surface area contributed by atoms with Crippen LogP contribution in [0.5, 0.6) is 28.7 Å². The molecule has 6 nitrogen and oxygen atoms in total. The lowest BCUT2D eigenvalue weighted by Crippen LogP contribution is -2.17. The maximum Gasteiger partial charge on any atom is 0.131 e. The topological polar surface area (TPSA) is 94.6 Å². The Kier molecular flexibility index (Phi) is 9.93. The number of hydrogen-bond donors (Lipinski definition) is 3. The molecule has 6 heteroatoms. The third kappa shape index (κ3) is 8.66. The van der Waals surface area contributed by atoms with Crippen LogP contribution in [0.15, 0.2) is 76.7 Å². The molecule has 0 aliphatic rings. The summed E-state index contributed by atoms with van der Waals surface area (Å²) in [4.78, 5) is 9.70. The lowest BCUT2D eigenvalue weighted by molar-refractivity contribution is 0.443. The van der Waals surface area contributed by atoms with Gasteiger partial charge in [0.25, 0.3) is 0 Å². The van der Waals surface area contributed by atoms with E-state index in [1.54, 1.807) is 42.8 Å². The van der Waals surface area contributed by atoms with Crippen LogP contribution in [0.2, 0.25) is 0 Å². The van der Waals surface area contributed by atoms with Crippen molar-refractivity contribution in [3.63, 3.8) is 0 Å². The number of nitrogens with zero attached hydrogens (tertiary/aromatic N) is 2. The van der Waals surface area contributed by atoms with Crippen LogP contribution in [-0.2, 0) is 21.7 Å². The molecule has 4 aromatic carbocycles. The molecule has 0 saturated carbocycles. The summed E-state index contributed by atoms with van der Waals surface area (Å²) in [6.45, 7) is 25.4. The van der Waals surface area contributed by atoms with E-state index in [2.05, 4.69) is 95.2 Å². The summed E-state index contributed by atoms with van der Waals surface area (Å²) < 4.78 is 6.07. The summed E-state index contributed by atoms with van der Waals surface area (Å²) in [6, 6.07) is 20.1. The highest BCUT2D eigenvalue weighted by atomic mass is 16.5. The zero-order chi connectivity index (χ0) is 35.8. The van der Waals surface area contributed by atoms with Gasteiger partial charge in [-0.15, -0.1) is 0 Å². The first-order valence-electron chi connectivity index (χ1n) is 16.5. The van der Waals surface area contributed by atoms with Gasteiger partial charge in [0.15, 0.2) is 0 Å². The van der Waals surface area contributed by atoms with Crippen LogP contribution in [0.1, 0.15) is 116 Å². The molecule has 0 unspecified atom stereocenters. The molecule has 0 radical (unpaired) electrons. The van der Waals surface area contributed by atoms with E-state index in [0.29, 0.717) is 34.0 Å². The van der Waals surface area contributed by atoms with Gasteiger partial charge in [0.1, 0.15) is 28.7 Å². The summed E-state index contributed by atoms with van der Waals surface area (Å²) in [6.07, 6.45) is 3.35. The second-order valence-electron chi connectivity index (χ2n) is 16.7. The first kappa shape index (κ1) is 36.3. The smallest absolute Gasteiger partial charge is 0.131 e. The predicted octanol–water partition coefficient (Wildman–Crippen LogP) is 11.3. The molecule has 0 atom stereocenters. The third-order valence-corrected chi connectivity index (χ3v) is 8.31. The van der Waals surface area contributed by atoms with E-state index < -0.39 is 0 Å². The summed E-state index contributed by atoms with van der Waals surface area (Å²) in [5.74, 6) is 1.47. The molecule has 48 heavy (non-hydrogen) atoms. The Hall–Kier alpha value is -4.58. The van der Waals surface area contributed by atoms with Crippen LogP contribution in [0, 0.1) is 0 Å². The third-order valence-electron chi connectivity index (χ3n) is 8.31. The van der Waals surface area contributed by atoms with E-state index in [0.717, 1.165) is 22.3 Å². The highest BCUT2D eigenvalue weighted by Crippen LogP contribution is 2.40. The number of aromatic hydroxyl groups is 3. The van der Waals surface area contributed by atoms with Crippen LogP contribution in [0.3, 0.4) is 0 Å². The van der Waals surface area contributed by atoms with Gasteiger partial charge in [-0.1, -0.05) is 101 Å². The zero-order valence-corrected chi connectivity index (χ0v) is 30.6. The molecule has 0 heterocycles. The van der Waals surface area contributed by atoms with Gasteiger partial charge in [-0.2, -0.15) is 0 Å². The molecular weight excluding hydrogens is 596 g/mol. The minimum Gasteiger partial charge on any atom is -0.508 e. The Morgan fingerprint density at radius 1 is 0.500 bits per heavy atom. The first-order chi connectivity index (χ1) is 22.0. The maximum absolute atomic E-state index is 11.4. The van der Waals surface area contributed by atoms with Gasteiger partial charge in [0, 0.05) is 46.8 Å². The van der Waals surface area contributed by atoms with Gasteiger partial charge < -0.3 is 20.1 Å². The molecule has 0 saturated heterocycles. The number of rotatable bonds is 6. The van der Waals surface area contributed by atoms with Gasteiger partial charge in [0.05, 0.1) is 11.4 Å². The fraction of sp³-hybridized carbons (Fsp3) is 0.381. The van der Waals surface area contributed by atoms with Crippen LogP contribution in [0.4, 0.5) is 11.4 Å². The molecule has 0 bridgehead atoms. The van der Waals surface area contributed by atoms with Crippen LogP contribution in [-0.4, -0.2) is 27.7 Å². The molecule has 4 aromatic rings. The van der Waals surface area contributed by atoms with Gasteiger partial charge in [-0.05, 0) is 69.2 Å². The van der Waals surface area contributed by atoms with E-state index in [1.165, 1.54) is 6.07 Å². The van der Waals surface area contributed by atoms with Crippen molar-refractivity contribution in [3.8, 4) is 28.7 Å². The molecule has 0 aliphatic heterocycles. The van der Waals surface area contributed by atoms with E-state index in [1.807, 2.05) is 18.2 Å². The van der Waals surface area contributed by atoms with Crippen molar-refractivity contribution in [2.24, 2.45) is 9.98 Å². The molecule has 254 valence electrons. The molecule has 0 fully saturated rings. The normalized spacial score (nSPS) is 13.1. The molecular formula is C42H52N2O4. The Morgan fingerprint density at radius 3 is 1.40 bits per heavy atom. The monoisotopic (exact) mass is 648 g/mol. The average Bonchev–Trinajstić information content (AvgIpc) is 2.94. The van der Waals surface area contributed by atoms with Crippen LogP contribution >= 0.6 is 0 Å². The number of phenols is 3. The van der Waals surface area contributed by atoms with E-state index in [9.17, 15) is 15.3 Å². The van der Waals surface area contributed by atoms with Gasteiger partial charge >= 0.3 is 0 Å². The summed E-state index contributed by atoms with van der Waals surface area (Å²) in [5, 5.41) is 32.7. The number of aliphatic imine (C=N–C) groups is 2. The SMILES string of the molecule is CC(C)(C)c1cc(C=Nc2ccc(Oc3cccc(O)c3)cc2N=Cc2cc(C(C)(C)C)cc(C(C)(C)C)c2O)c(O)c(C(C)(C)C)c1. The van der Waals surface area contributed by atoms with E-state index >= 15 is 0 Å².